The van der Waals surface area contributed by atoms with Crippen LogP contribution in [-0.4, -0.2) is 18.2 Å². The van der Waals surface area contributed by atoms with E-state index in [-0.39, 0.29) is 5.41 Å². The van der Waals surface area contributed by atoms with E-state index in [1.165, 1.54) is 5.56 Å². The van der Waals surface area contributed by atoms with Crippen LogP contribution in [0.1, 0.15) is 25.1 Å². The van der Waals surface area contributed by atoms with Crippen LogP contribution in [0.3, 0.4) is 0 Å². The third-order valence-corrected chi connectivity index (χ3v) is 2.73. The quantitative estimate of drug-likeness (QED) is 0.688. The van der Waals surface area contributed by atoms with Gasteiger partial charge in [-0.1, -0.05) is 19.9 Å². The molecule has 2 nitrogen and oxygen atoms in total. The SMILES string of the molecule is CCc1ccc(C2(C)COC2)cn1. The van der Waals surface area contributed by atoms with Gasteiger partial charge in [-0.25, -0.2) is 0 Å². The second-order valence-electron chi connectivity index (χ2n) is 3.95. The van der Waals surface area contributed by atoms with Crippen molar-refractivity contribution in [3.05, 3.63) is 29.6 Å². The molecule has 0 unspecified atom stereocenters. The molecule has 2 heterocycles. The van der Waals surface area contributed by atoms with Crippen LogP contribution in [0.4, 0.5) is 0 Å². The number of aromatic nitrogens is 1. The average Bonchev–Trinajstić information content (AvgIpc) is 2.14. The number of ether oxygens (including phenoxy) is 1. The monoisotopic (exact) mass is 177 g/mol. The molecule has 1 aromatic heterocycles. The summed E-state index contributed by atoms with van der Waals surface area (Å²) in [6, 6.07) is 4.28. The zero-order valence-electron chi connectivity index (χ0n) is 8.21. The molecule has 0 aromatic carbocycles. The highest BCUT2D eigenvalue weighted by molar-refractivity contribution is 5.25. The minimum Gasteiger partial charge on any atom is -0.379 e. The maximum absolute atomic E-state index is 5.22. The van der Waals surface area contributed by atoms with Crippen LogP contribution in [0.25, 0.3) is 0 Å². The summed E-state index contributed by atoms with van der Waals surface area (Å²) in [4.78, 5) is 4.39. The van der Waals surface area contributed by atoms with Gasteiger partial charge in [0.25, 0.3) is 0 Å². The van der Waals surface area contributed by atoms with Crippen LogP contribution in [0, 0.1) is 0 Å². The number of nitrogens with zero attached hydrogens (tertiary/aromatic N) is 1. The summed E-state index contributed by atoms with van der Waals surface area (Å²) >= 11 is 0. The molecule has 0 amide bonds. The van der Waals surface area contributed by atoms with Gasteiger partial charge in [-0.05, 0) is 18.1 Å². The highest BCUT2D eigenvalue weighted by Gasteiger charge is 2.35. The van der Waals surface area contributed by atoms with Gasteiger partial charge in [0.15, 0.2) is 0 Å². The van der Waals surface area contributed by atoms with Crippen LogP contribution in [0.5, 0.6) is 0 Å². The molecule has 0 spiro atoms. The molecule has 1 aromatic rings. The number of rotatable bonds is 2. The fourth-order valence-electron chi connectivity index (χ4n) is 1.57. The number of aryl methyl sites for hydroxylation is 1. The Balaban J connectivity index is 2.22. The van der Waals surface area contributed by atoms with Gasteiger partial charge in [-0.3, -0.25) is 4.98 Å². The smallest absolute Gasteiger partial charge is 0.0583 e. The lowest BCUT2D eigenvalue weighted by atomic mass is 9.82. The summed E-state index contributed by atoms with van der Waals surface area (Å²) in [6.45, 7) is 6.01. The molecule has 1 aliphatic heterocycles. The summed E-state index contributed by atoms with van der Waals surface area (Å²) in [6.07, 6.45) is 2.99. The standard InChI is InChI=1S/C11H15NO/c1-3-10-5-4-9(6-12-10)11(2)7-13-8-11/h4-6H,3,7-8H2,1-2H3. The van der Waals surface area contributed by atoms with E-state index in [9.17, 15) is 0 Å². The van der Waals surface area contributed by atoms with Gasteiger partial charge in [-0.2, -0.15) is 0 Å². The summed E-state index contributed by atoms with van der Waals surface area (Å²) in [5.74, 6) is 0. The number of hydrogen-bond acceptors (Lipinski definition) is 2. The minimum atomic E-state index is 0.221. The second kappa shape index (κ2) is 3.11. The molecular weight excluding hydrogens is 162 g/mol. The molecule has 0 saturated carbocycles. The molecule has 0 atom stereocenters. The van der Waals surface area contributed by atoms with Crippen molar-refractivity contribution < 1.29 is 4.74 Å². The highest BCUT2D eigenvalue weighted by Crippen LogP contribution is 2.30. The van der Waals surface area contributed by atoms with Gasteiger partial charge in [-0.15, -0.1) is 0 Å². The van der Waals surface area contributed by atoms with E-state index in [1.54, 1.807) is 0 Å². The van der Waals surface area contributed by atoms with Crippen LogP contribution >= 0.6 is 0 Å². The van der Waals surface area contributed by atoms with Crippen molar-refractivity contribution in [2.24, 2.45) is 0 Å². The fraction of sp³-hybridized carbons (Fsp3) is 0.545. The van der Waals surface area contributed by atoms with Crippen molar-refractivity contribution in [3.63, 3.8) is 0 Å². The normalized spacial score (nSPS) is 19.5. The minimum absolute atomic E-state index is 0.221. The van der Waals surface area contributed by atoms with Gasteiger partial charge in [0, 0.05) is 17.3 Å². The largest absolute Gasteiger partial charge is 0.379 e. The Kier molecular flexibility index (Phi) is 2.08. The summed E-state index contributed by atoms with van der Waals surface area (Å²) in [5.41, 5.74) is 2.68. The maximum atomic E-state index is 5.22. The third kappa shape index (κ3) is 1.46. The Morgan fingerprint density at radius 2 is 2.23 bits per heavy atom. The fourth-order valence-corrected chi connectivity index (χ4v) is 1.57. The zero-order chi connectivity index (χ0) is 9.31. The van der Waals surface area contributed by atoms with Crippen molar-refractivity contribution >= 4 is 0 Å². The van der Waals surface area contributed by atoms with E-state index in [4.69, 9.17) is 4.74 Å². The Morgan fingerprint density at radius 3 is 2.62 bits per heavy atom. The van der Waals surface area contributed by atoms with E-state index in [2.05, 4.69) is 31.0 Å². The van der Waals surface area contributed by atoms with Gasteiger partial charge in [0.1, 0.15) is 0 Å². The lowest BCUT2D eigenvalue weighted by molar-refractivity contribution is -0.0501. The van der Waals surface area contributed by atoms with Crippen LogP contribution in [0.2, 0.25) is 0 Å². The molecule has 70 valence electrons. The molecular formula is C11H15NO. The van der Waals surface area contributed by atoms with Crippen molar-refractivity contribution in [2.75, 3.05) is 13.2 Å². The third-order valence-electron chi connectivity index (χ3n) is 2.73. The predicted octanol–water partition coefficient (Wildman–Crippen LogP) is 1.93. The molecule has 0 radical (unpaired) electrons. The lowest BCUT2D eigenvalue weighted by Crippen LogP contribution is -2.43. The van der Waals surface area contributed by atoms with Crippen molar-refractivity contribution in [2.45, 2.75) is 25.7 Å². The first-order valence-corrected chi connectivity index (χ1v) is 4.78. The molecule has 13 heavy (non-hydrogen) atoms. The van der Waals surface area contributed by atoms with Crippen molar-refractivity contribution in [1.82, 2.24) is 4.98 Å². The molecule has 2 rings (SSSR count). The summed E-state index contributed by atoms with van der Waals surface area (Å²) in [5, 5.41) is 0. The van der Waals surface area contributed by atoms with Crippen LogP contribution in [0.15, 0.2) is 18.3 Å². The van der Waals surface area contributed by atoms with E-state index in [1.807, 2.05) is 6.20 Å². The second-order valence-corrected chi connectivity index (χ2v) is 3.95. The molecule has 1 fully saturated rings. The predicted molar refractivity (Wildman–Crippen MR) is 51.8 cm³/mol. The lowest BCUT2D eigenvalue weighted by Gasteiger charge is -2.38. The summed E-state index contributed by atoms with van der Waals surface area (Å²) in [7, 11) is 0. The zero-order valence-corrected chi connectivity index (χ0v) is 8.21. The van der Waals surface area contributed by atoms with Gasteiger partial charge in [0.2, 0.25) is 0 Å². The molecule has 1 saturated heterocycles. The van der Waals surface area contributed by atoms with Crippen LogP contribution in [-0.2, 0) is 16.6 Å². The Morgan fingerprint density at radius 1 is 1.46 bits per heavy atom. The molecule has 0 bridgehead atoms. The first kappa shape index (κ1) is 8.70. The van der Waals surface area contributed by atoms with Crippen molar-refractivity contribution in [3.8, 4) is 0 Å². The van der Waals surface area contributed by atoms with Gasteiger partial charge < -0.3 is 4.74 Å². The van der Waals surface area contributed by atoms with Gasteiger partial charge >= 0.3 is 0 Å². The first-order chi connectivity index (χ1) is 6.24. The maximum Gasteiger partial charge on any atom is 0.0583 e. The molecule has 1 aliphatic rings. The average molecular weight is 177 g/mol. The molecule has 2 heteroatoms. The molecule has 0 aliphatic carbocycles. The first-order valence-electron chi connectivity index (χ1n) is 4.78. The molecule has 0 N–H and O–H groups in total. The topological polar surface area (TPSA) is 22.1 Å². The van der Waals surface area contributed by atoms with E-state index in [0.29, 0.717) is 0 Å². The Bertz CT molecular complexity index is 287. The van der Waals surface area contributed by atoms with Gasteiger partial charge in [0.05, 0.1) is 13.2 Å². The van der Waals surface area contributed by atoms with E-state index >= 15 is 0 Å². The van der Waals surface area contributed by atoms with Crippen molar-refractivity contribution in [1.29, 1.82) is 0 Å². The Labute approximate surface area is 78.9 Å². The number of pyridine rings is 1. The van der Waals surface area contributed by atoms with E-state index < -0.39 is 0 Å². The van der Waals surface area contributed by atoms with Crippen LogP contribution < -0.4 is 0 Å². The summed E-state index contributed by atoms with van der Waals surface area (Å²) < 4.78 is 5.22. The number of hydrogen-bond donors (Lipinski definition) is 0. The Hall–Kier alpha value is -0.890. The highest BCUT2D eigenvalue weighted by atomic mass is 16.5. The van der Waals surface area contributed by atoms with E-state index in [0.717, 1.165) is 25.3 Å².